The normalized spacial score (nSPS) is 21.4. The van der Waals surface area contributed by atoms with Gasteiger partial charge in [-0.2, -0.15) is 0 Å². The maximum atomic E-state index is 12.5. The number of hydrogen-bond donors (Lipinski definition) is 2. The van der Waals surface area contributed by atoms with Crippen molar-refractivity contribution in [2.75, 3.05) is 12.8 Å². The third-order valence-electron chi connectivity index (χ3n) is 4.45. The van der Waals surface area contributed by atoms with Crippen LogP contribution < -0.4 is 10.0 Å². The first kappa shape index (κ1) is 17.9. The molecule has 23 heavy (non-hydrogen) atoms. The van der Waals surface area contributed by atoms with Gasteiger partial charge in [0.15, 0.2) is 0 Å². The lowest BCUT2D eigenvalue weighted by Gasteiger charge is -2.21. The lowest BCUT2D eigenvalue weighted by Crippen LogP contribution is -2.41. The largest absolute Gasteiger partial charge is 0.352 e. The Hall–Kier alpha value is -1.40. The zero-order valence-corrected chi connectivity index (χ0v) is 15.1. The van der Waals surface area contributed by atoms with E-state index in [1.54, 1.807) is 0 Å². The van der Waals surface area contributed by atoms with Crippen LogP contribution >= 0.6 is 0 Å². The average Bonchev–Trinajstić information content (AvgIpc) is 2.80. The maximum absolute atomic E-state index is 12.5. The fraction of sp³-hybridized carbons (Fsp3) is 0.588. The van der Waals surface area contributed by atoms with Crippen molar-refractivity contribution in [3.8, 4) is 0 Å². The number of sulfonamides is 1. The topological polar surface area (TPSA) is 75.3 Å². The second-order valence-electron chi connectivity index (χ2n) is 6.67. The first-order chi connectivity index (χ1) is 10.7. The third-order valence-corrected chi connectivity index (χ3v) is 5.18. The van der Waals surface area contributed by atoms with Crippen molar-refractivity contribution in [3.63, 3.8) is 0 Å². The van der Waals surface area contributed by atoms with Crippen molar-refractivity contribution >= 4 is 15.9 Å². The molecule has 0 aromatic heterocycles. The van der Waals surface area contributed by atoms with Gasteiger partial charge in [-0.3, -0.25) is 4.79 Å². The number of carbonyl (C=O) groups is 1. The first-order valence-corrected chi connectivity index (χ1v) is 9.90. The fourth-order valence-electron chi connectivity index (χ4n) is 3.56. The van der Waals surface area contributed by atoms with Gasteiger partial charge in [-0.1, -0.05) is 24.1 Å². The summed E-state index contributed by atoms with van der Waals surface area (Å²) in [5.74, 6) is 0.0738. The van der Waals surface area contributed by atoms with E-state index < -0.39 is 10.0 Å². The Bertz CT molecular complexity index is 675. The minimum absolute atomic E-state index is 0.0782. The predicted octanol–water partition coefficient (Wildman–Crippen LogP) is 2.06. The van der Waals surface area contributed by atoms with E-state index in [2.05, 4.69) is 10.0 Å². The van der Waals surface area contributed by atoms with Gasteiger partial charge in [0.25, 0.3) is 5.91 Å². The van der Waals surface area contributed by atoms with Crippen molar-refractivity contribution in [2.45, 2.75) is 46.1 Å². The number of benzene rings is 1. The molecule has 0 saturated heterocycles. The number of hydrogen-bond acceptors (Lipinski definition) is 3. The zero-order chi connectivity index (χ0) is 17.2. The maximum Gasteiger partial charge on any atom is 0.251 e. The van der Waals surface area contributed by atoms with Crippen molar-refractivity contribution in [2.24, 2.45) is 5.92 Å². The van der Waals surface area contributed by atoms with E-state index in [0.717, 1.165) is 41.5 Å². The zero-order valence-electron chi connectivity index (χ0n) is 14.3. The molecule has 2 rings (SSSR count). The second-order valence-corrected chi connectivity index (χ2v) is 8.45. The fourth-order valence-corrected chi connectivity index (χ4v) is 4.42. The van der Waals surface area contributed by atoms with E-state index in [1.807, 2.05) is 32.9 Å². The molecule has 5 nitrogen and oxygen atoms in total. The number of rotatable bonds is 5. The first-order valence-electron chi connectivity index (χ1n) is 8.00. The van der Waals surface area contributed by atoms with Crippen LogP contribution in [-0.2, 0) is 10.0 Å². The van der Waals surface area contributed by atoms with Gasteiger partial charge in [0.05, 0.1) is 6.26 Å². The summed E-state index contributed by atoms with van der Waals surface area (Å²) in [4.78, 5) is 12.5. The Labute approximate surface area is 138 Å². The summed E-state index contributed by atoms with van der Waals surface area (Å²) in [6.07, 6.45) is 3.92. The second kappa shape index (κ2) is 7.01. The lowest BCUT2D eigenvalue weighted by molar-refractivity contribution is 0.0945. The van der Waals surface area contributed by atoms with Crippen LogP contribution in [0.5, 0.6) is 0 Å². The van der Waals surface area contributed by atoms with Crippen molar-refractivity contribution < 1.29 is 13.2 Å². The highest BCUT2D eigenvalue weighted by Crippen LogP contribution is 2.26. The molecule has 0 spiro atoms. The van der Waals surface area contributed by atoms with Crippen molar-refractivity contribution in [3.05, 3.63) is 34.4 Å². The Morgan fingerprint density at radius 2 is 1.78 bits per heavy atom. The van der Waals surface area contributed by atoms with E-state index in [4.69, 9.17) is 0 Å². The molecule has 0 bridgehead atoms. The van der Waals surface area contributed by atoms with Crippen LogP contribution in [0.1, 0.15) is 46.3 Å². The third kappa shape index (κ3) is 4.78. The Morgan fingerprint density at radius 1 is 1.17 bits per heavy atom. The molecule has 2 unspecified atom stereocenters. The highest BCUT2D eigenvalue weighted by Gasteiger charge is 2.29. The molecule has 1 aromatic rings. The van der Waals surface area contributed by atoms with Crippen LogP contribution in [0.2, 0.25) is 0 Å². The van der Waals surface area contributed by atoms with Gasteiger partial charge >= 0.3 is 0 Å². The van der Waals surface area contributed by atoms with Gasteiger partial charge in [0.2, 0.25) is 10.0 Å². The molecule has 0 aliphatic heterocycles. The summed E-state index contributed by atoms with van der Waals surface area (Å²) >= 11 is 0. The summed E-state index contributed by atoms with van der Waals surface area (Å²) in [6.45, 7) is 6.40. The lowest BCUT2D eigenvalue weighted by atomic mass is 9.98. The van der Waals surface area contributed by atoms with Crippen molar-refractivity contribution in [1.29, 1.82) is 0 Å². The van der Waals surface area contributed by atoms with Gasteiger partial charge in [-0.15, -0.1) is 0 Å². The number of aryl methyl sites for hydroxylation is 3. The Balaban J connectivity index is 2.02. The van der Waals surface area contributed by atoms with Gasteiger partial charge in [0.1, 0.15) is 0 Å². The Kier molecular flexibility index (Phi) is 5.47. The molecule has 6 heteroatoms. The molecule has 1 aromatic carbocycles. The van der Waals surface area contributed by atoms with Crippen LogP contribution in [0.25, 0.3) is 0 Å². The molecule has 1 aliphatic rings. The highest BCUT2D eigenvalue weighted by atomic mass is 32.2. The van der Waals surface area contributed by atoms with E-state index in [9.17, 15) is 13.2 Å². The summed E-state index contributed by atoms with van der Waals surface area (Å²) in [5.41, 5.74) is 3.81. The summed E-state index contributed by atoms with van der Waals surface area (Å²) in [7, 11) is -3.21. The minimum Gasteiger partial charge on any atom is -0.352 e. The molecule has 2 N–H and O–H groups in total. The number of carbonyl (C=O) groups excluding carboxylic acids is 1. The van der Waals surface area contributed by atoms with E-state index in [1.165, 1.54) is 6.26 Å². The van der Waals surface area contributed by atoms with Crippen LogP contribution in [0.3, 0.4) is 0 Å². The molecule has 1 saturated carbocycles. The molecular formula is C17H26N2O3S. The van der Waals surface area contributed by atoms with Gasteiger partial charge in [0, 0.05) is 18.2 Å². The van der Waals surface area contributed by atoms with Crippen LogP contribution in [-0.4, -0.2) is 33.2 Å². The monoisotopic (exact) mass is 338 g/mol. The predicted molar refractivity (Wildman–Crippen MR) is 92.1 cm³/mol. The standard InChI is InChI=1S/C17H26N2O3S/c1-11-8-12(2)16(13(3)9-11)17(20)18-10-14-6-5-7-15(14)19-23(4,21)22/h8-9,14-15,19H,5-7,10H2,1-4H3,(H,18,20). The SMILES string of the molecule is Cc1cc(C)c(C(=O)NCC2CCCC2NS(C)(=O)=O)c(C)c1. The molecule has 1 amide bonds. The molecular weight excluding hydrogens is 312 g/mol. The molecule has 2 atom stereocenters. The minimum atomic E-state index is -3.21. The van der Waals surface area contributed by atoms with Crippen LogP contribution in [0, 0.1) is 26.7 Å². The van der Waals surface area contributed by atoms with Gasteiger partial charge in [-0.25, -0.2) is 13.1 Å². The number of nitrogens with one attached hydrogen (secondary N) is 2. The van der Waals surface area contributed by atoms with Crippen LogP contribution in [0.15, 0.2) is 12.1 Å². The summed E-state index contributed by atoms with van der Waals surface area (Å²) in [5, 5.41) is 2.98. The summed E-state index contributed by atoms with van der Waals surface area (Å²) < 4.78 is 25.5. The van der Waals surface area contributed by atoms with Gasteiger partial charge < -0.3 is 5.32 Å². The average molecular weight is 338 g/mol. The highest BCUT2D eigenvalue weighted by molar-refractivity contribution is 7.88. The van der Waals surface area contributed by atoms with Crippen LogP contribution in [0.4, 0.5) is 0 Å². The molecule has 1 fully saturated rings. The summed E-state index contributed by atoms with van der Waals surface area (Å²) in [6, 6.07) is 3.93. The molecule has 0 radical (unpaired) electrons. The Morgan fingerprint density at radius 3 is 2.35 bits per heavy atom. The molecule has 0 heterocycles. The number of amides is 1. The quantitative estimate of drug-likeness (QED) is 0.863. The molecule has 1 aliphatic carbocycles. The van der Waals surface area contributed by atoms with E-state index in [-0.39, 0.29) is 17.9 Å². The smallest absolute Gasteiger partial charge is 0.251 e. The van der Waals surface area contributed by atoms with Crippen molar-refractivity contribution in [1.82, 2.24) is 10.0 Å². The molecule has 128 valence electrons. The van der Waals surface area contributed by atoms with E-state index in [0.29, 0.717) is 6.54 Å². The van der Waals surface area contributed by atoms with E-state index >= 15 is 0 Å². The van der Waals surface area contributed by atoms with Gasteiger partial charge in [-0.05, 0) is 50.7 Å².